The topological polar surface area (TPSA) is 53.2 Å². The monoisotopic (exact) mass is 372 g/mol. The van der Waals surface area contributed by atoms with Crippen LogP contribution in [0.5, 0.6) is 0 Å². The first kappa shape index (κ1) is 17.2. The van der Waals surface area contributed by atoms with Gasteiger partial charge >= 0.3 is 0 Å². The summed E-state index contributed by atoms with van der Waals surface area (Å²) in [5.74, 6) is 0.0111. The second-order valence-corrected chi connectivity index (χ2v) is 8.89. The van der Waals surface area contributed by atoms with Gasteiger partial charge in [0.15, 0.2) is 0 Å². The zero-order valence-electron chi connectivity index (χ0n) is 14.6. The molecule has 4 rings (SSSR count). The molecule has 1 N–H and O–H groups in total. The van der Waals surface area contributed by atoms with Crippen molar-refractivity contribution in [2.24, 2.45) is 0 Å². The number of fused-ring (bicyclic) bond motifs is 1. The average Bonchev–Trinajstić information content (AvgIpc) is 3.05. The standard InChI is InChI=1S/C20H21FN2O2S/c1-14-2-5-18(6-3-14)26(24,25)23-10-8-15(9-11-23)20-13-16-12-17(21)4-7-19(16)22-20/h2-7,12-13,15,22H,8-11H2,1H3. The molecule has 0 bridgehead atoms. The molecule has 3 aromatic rings. The second kappa shape index (κ2) is 6.52. The van der Waals surface area contributed by atoms with E-state index in [1.165, 1.54) is 12.1 Å². The normalized spacial score (nSPS) is 17.0. The molecule has 0 aliphatic carbocycles. The third-order valence-corrected chi connectivity index (χ3v) is 7.07. The first-order chi connectivity index (χ1) is 12.4. The summed E-state index contributed by atoms with van der Waals surface area (Å²) >= 11 is 0. The van der Waals surface area contributed by atoms with E-state index in [0.717, 1.165) is 35.0 Å². The highest BCUT2D eigenvalue weighted by atomic mass is 32.2. The van der Waals surface area contributed by atoms with Crippen molar-refractivity contribution in [3.8, 4) is 0 Å². The molecule has 2 aromatic carbocycles. The number of rotatable bonds is 3. The molecule has 0 amide bonds. The third-order valence-electron chi connectivity index (χ3n) is 5.16. The molecule has 4 nitrogen and oxygen atoms in total. The minimum atomic E-state index is -3.44. The van der Waals surface area contributed by atoms with Gasteiger partial charge < -0.3 is 4.98 Å². The minimum Gasteiger partial charge on any atom is -0.358 e. The fourth-order valence-corrected chi connectivity index (χ4v) is 5.08. The van der Waals surface area contributed by atoms with E-state index in [1.54, 1.807) is 22.5 Å². The molecule has 1 saturated heterocycles. The maximum absolute atomic E-state index is 13.4. The summed E-state index contributed by atoms with van der Waals surface area (Å²) in [6.07, 6.45) is 1.50. The highest BCUT2D eigenvalue weighted by molar-refractivity contribution is 7.89. The van der Waals surface area contributed by atoms with Gasteiger partial charge in [-0.05, 0) is 56.2 Å². The number of hydrogen-bond donors (Lipinski definition) is 1. The zero-order chi connectivity index (χ0) is 18.3. The average molecular weight is 372 g/mol. The van der Waals surface area contributed by atoms with Crippen molar-refractivity contribution >= 4 is 20.9 Å². The summed E-state index contributed by atoms with van der Waals surface area (Å²) < 4.78 is 40.5. The highest BCUT2D eigenvalue weighted by Crippen LogP contribution is 2.32. The predicted molar refractivity (Wildman–Crippen MR) is 100 cm³/mol. The lowest BCUT2D eigenvalue weighted by Gasteiger charge is -2.30. The Morgan fingerprint density at radius 3 is 2.42 bits per heavy atom. The van der Waals surface area contributed by atoms with E-state index in [4.69, 9.17) is 0 Å². The van der Waals surface area contributed by atoms with Crippen LogP contribution in [-0.4, -0.2) is 30.8 Å². The summed E-state index contributed by atoms with van der Waals surface area (Å²) in [5, 5.41) is 0.856. The van der Waals surface area contributed by atoms with E-state index in [9.17, 15) is 12.8 Å². The number of halogens is 1. The SMILES string of the molecule is Cc1ccc(S(=O)(=O)N2CCC(c3cc4cc(F)ccc4[nH]3)CC2)cc1. The summed E-state index contributed by atoms with van der Waals surface area (Å²) in [7, 11) is -3.44. The van der Waals surface area contributed by atoms with Crippen molar-refractivity contribution in [3.05, 3.63) is 65.6 Å². The molecule has 26 heavy (non-hydrogen) atoms. The molecule has 0 unspecified atom stereocenters. The molecule has 0 spiro atoms. The van der Waals surface area contributed by atoms with E-state index in [-0.39, 0.29) is 11.7 Å². The van der Waals surface area contributed by atoms with Gasteiger partial charge in [0.1, 0.15) is 5.82 Å². The number of aryl methyl sites for hydroxylation is 1. The number of aromatic nitrogens is 1. The van der Waals surface area contributed by atoms with Gasteiger partial charge in [0.2, 0.25) is 10.0 Å². The van der Waals surface area contributed by atoms with Gasteiger partial charge in [0, 0.05) is 35.6 Å². The molecule has 1 aliphatic heterocycles. The number of hydrogen-bond acceptors (Lipinski definition) is 2. The molecule has 136 valence electrons. The van der Waals surface area contributed by atoms with Crippen molar-refractivity contribution in [2.75, 3.05) is 13.1 Å². The lowest BCUT2D eigenvalue weighted by Crippen LogP contribution is -2.37. The van der Waals surface area contributed by atoms with Gasteiger partial charge in [-0.15, -0.1) is 0 Å². The number of nitrogens with zero attached hydrogens (tertiary/aromatic N) is 1. The van der Waals surface area contributed by atoms with Crippen molar-refractivity contribution in [1.82, 2.24) is 9.29 Å². The van der Waals surface area contributed by atoms with E-state index in [0.29, 0.717) is 18.0 Å². The van der Waals surface area contributed by atoms with Crippen molar-refractivity contribution in [2.45, 2.75) is 30.6 Å². The zero-order valence-corrected chi connectivity index (χ0v) is 15.4. The summed E-state index contributed by atoms with van der Waals surface area (Å²) in [4.78, 5) is 3.70. The van der Waals surface area contributed by atoms with Crippen LogP contribution in [0.4, 0.5) is 4.39 Å². The maximum atomic E-state index is 13.4. The maximum Gasteiger partial charge on any atom is 0.243 e. The molecule has 1 aromatic heterocycles. The molecule has 0 atom stereocenters. The number of benzene rings is 2. The fourth-order valence-electron chi connectivity index (χ4n) is 3.61. The van der Waals surface area contributed by atoms with Crippen LogP contribution in [0.1, 0.15) is 30.0 Å². The fraction of sp³-hybridized carbons (Fsp3) is 0.300. The number of nitrogens with one attached hydrogen (secondary N) is 1. The largest absolute Gasteiger partial charge is 0.358 e. The molecule has 0 saturated carbocycles. The quantitative estimate of drug-likeness (QED) is 0.750. The lowest BCUT2D eigenvalue weighted by atomic mass is 9.95. The first-order valence-electron chi connectivity index (χ1n) is 8.78. The van der Waals surface area contributed by atoms with Crippen LogP contribution < -0.4 is 0 Å². The minimum absolute atomic E-state index is 0.248. The molecule has 2 heterocycles. The van der Waals surface area contributed by atoms with Crippen LogP contribution in [0.15, 0.2) is 53.4 Å². The van der Waals surface area contributed by atoms with E-state index in [1.807, 2.05) is 25.1 Å². The molecular formula is C20H21FN2O2S. The summed E-state index contributed by atoms with van der Waals surface area (Å²) in [6.45, 7) is 2.92. The summed E-state index contributed by atoms with van der Waals surface area (Å²) in [5.41, 5.74) is 3.01. The van der Waals surface area contributed by atoms with Crippen LogP contribution >= 0.6 is 0 Å². The van der Waals surface area contributed by atoms with Crippen LogP contribution in [0.25, 0.3) is 10.9 Å². The predicted octanol–water partition coefficient (Wildman–Crippen LogP) is 4.18. The Bertz CT molecular complexity index is 1030. The molecule has 1 fully saturated rings. The smallest absolute Gasteiger partial charge is 0.243 e. The van der Waals surface area contributed by atoms with Crippen LogP contribution in [-0.2, 0) is 10.0 Å². The van der Waals surface area contributed by atoms with Crippen LogP contribution in [0.2, 0.25) is 0 Å². The number of sulfonamides is 1. The van der Waals surface area contributed by atoms with Crippen molar-refractivity contribution in [1.29, 1.82) is 0 Å². The van der Waals surface area contributed by atoms with Crippen LogP contribution in [0.3, 0.4) is 0 Å². The number of aromatic amines is 1. The first-order valence-corrected chi connectivity index (χ1v) is 10.2. The van der Waals surface area contributed by atoms with E-state index < -0.39 is 10.0 Å². The van der Waals surface area contributed by atoms with Gasteiger partial charge in [0.25, 0.3) is 0 Å². The van der Waals surface area contributed by atoms with Gasteiger partial charge in [-0.1, -0.05) is 17.7 Å². The number of H-pyrrole nitrogens is 1. The Morgan fingerprint density at radius 1 is 1.04 bits per heavy atom. The Balaban J connectivity index is 1.50. The van der Waals surface area contributed by atoms with E-state index >= 15 is 0 Å². The summed E-state index contributed by atoms with van der Waals surface area (Å²) in [6, 6.07) is 13.7. The van der Waals surface area contributed by atoms with E-state index in [2.05, 4.69) is 4.98 Å². The Kier molecular flexibility index (Phi) is 4.32. The molecule has 1 aliphatic rings. The van der Waals surface area contributed by atoms with Crippen molar-refractivity contribution < 1.29 is 12.8 Å². The molecule has 0 radical (unpaired) electrons. The van der Waals surface area contributed by atoms with Gasteiger partial charge in [-0.3, -0.25) is 0 Å². The molecule has 6 heteroatoms. The van der Waals surface area contributed by atoms with Crippen molar-refractivity contribution in [3.63, 3.8) is 0 Å². The van der Waals surface area contributed by atoms with Gasteiger partial charge in [-0.2, -0.15) is 4.31 Å². The van der Waals surface area contributed by atoms with Gasteiger partial charge in [-0.25, -0.2) is 12.8 Å². The van der Waals surface area contributed by atoms with Crippen LogP contribution in [0, 0.1) is 12.7 Å². The lowest BCUT2D eigenvalue weighted by molar-refractivity contribution is 0.317. The number of piperidine rings is 1. The Hall–Kier alpha value is -2.18. The highest BCUT2D eigenvalue weighted by Gasteiger charge is 2.30. The molecular weight excluding hydrogens is 351 g/mol. The van der Waals surface area contributed by atoms with Gasteiger partial charge in [0.05, 0.1) is 4.90 Å². The third kappa shape index (κ3) is 3.15. The Morgan fingerprint density at radius 2 is 1.73 bits per heavy atom. The Labute approximate surface area is 152 Å². The second-order valence-electron chi connectivity index (χ2n) is 6.95.